The molecule has 0 bridgehead atoms. The number of thiazole rings is 1. The van der Waals surface area contributed by atoms with Gasteiger partial charge in [-0.25, -0.2) is 4.98 Å². The second-order valence-electron chi connectivity index (χ2n) is 2.47. The zero-order chi connectivity index (χ0) is 7.84. The highest BCUT2D eigenvalue weighted by Gasteiger charge is 2.01. The largest absolute Gasteiger partial charge is 0.412 e. The Labute approximate surface area is 98.5 Å². The fourth-order valence-electron chi connectivity index (χ4n) is 1.10. The van der Waals surface area contributed by atoms with Gasteiger partial charge in [-0.1, -0.05) is 23.5 Å². The van der Waals surface area contributed by atoms with Gasteiger partial charge in [-0.05, 0) is 18.6 Å². The van der Waals surface area contributed by atoms with E-state index >= 15 is 0 Å². The molecule has 1 heterocycles. The molecule has 0 saturated heterocycles. The lowest BCUT2D eigenvalue weighted by molar-refractivity contribution is 0.824. The van der Waals surface area contributed by atoms with Crippen LogP contribution in [0.3, 0.4) is 0 Å². The average molecular weight is 255 g/mol. The number of para-hydroxylation sites is 1. The van der Waals surface area contributed by atoms with E-state index in [1.165, 1.54) is 21.6 Å². The number of halogens is 2. The number of fused-ring (bicyclic) bond motifs is 1. The van der Waals surface area contributed by atoms with Gasteiger partial charge in [-0.15, -0.1) is 24.8 Å². The highest BCUT2D eigenvalue weighted by molar-refractivity contribution is 7.22. The fourth-order valence-corrected chi connectivity index (χ4v) is 1.92. The van der Waals surface area contributed by atoms with Crippen molar-refractivity contribution in [2.45, 2.75) is 6.92 Å². The van der Waals surface area contributed by atoms with E-state index in [1.807, 2.05) is 25.1 Å². The molecule has 6 heteroatoms. The molecule has 0 amide bonds. The molecular weight excluding hydrogens is 243 g/mol. The quantitative estimate of drug-likeness (QED) is 0.783. The van der Waals surface area contributed by atoms with E-state index in [2.05, 4.69) is 4.98 Å². The summed E-state index contributed by atoms with van der Waals surface area (Å²) >= 11 is 1.53. The number of nitrogen functional groups attached to an aromatic ring is 1. The van der Waals surface area contributed by atoms with Crippen molar-refractivity contribution < 1.29 is 5.48 Å². The van der Waals surface area contributed by atoms with Gasteiger partial charge in [0.05, 0.1) is 10.2 Å². The van der Waals surface area contributed by atoms with Crippen molar-refractivity contribution >= 4 is 51.5 Å². The summed E-state index contributed by atoms with van der Waals surface area (Å²) in [4.78, 5) is 4.21. The first-order valence-electron chi connectivity index (χ1n) is 3.39. The van der Waals surface area contributed by atoms with Gasteiger partial charge in [0.2, 0.25) is 0 Å². The van der Waals surface area contributed by atoms with Crippen LogP contribution in [0.15, 0.2) is 18.2 Å². The van der Waals surface area contributed by atoms with Crippen LogP contribution in [0.2, 0.25) is 0 Å². The smallest absolute Gasteiger partial charge is 0.181 e. The summed E-state index contributed by atoms with van der Waals surface area (Å²) < 4.78 is 1.17. The number of hydrogen-bond donors (Lipinski definition) is 1. The molecule has 2 aromatic rings. The maximum absolute atomic E-state index is 5.57. The van der Waals surface area contributed by atoms with Gasteiger partial charge >= 0.3 is 0 Å². The summed E-state index contributed by atoms with van der Waals surface area (Å²) in [6.07, 6.45) is 0. The summed E-state index contributed by atoms with van der Waals surface area (Å²) in [6.45, 7) is 2.04. The van der Waals surface area contributed by atoms with Gasteiger partial charge in [0, 0.05) is 0 Å². The molecule has 0 saturated carbocycles. The lowest BCUT2D eigenvalue weighted by atomic mass is 10.2. The van der Waals surface area contributed by atoms with E-state index in [4.69, 9.17) is 5.73 Å². The van der Waals surface area contributed by atoms with Crippen molar-refractivity contribution in [3.63, 3.8) is 0 Å². The van der Waals surface area contributed by atoms with E-state index in [-0.39, 0.29) is 30.3 Å². The first-order valence-corrected chi connectivity index (χ1v) is 4.20. The molecule has 1 aromatic carbocycles. The summed E-state index contributed by atoms with van der Waals surface area (Å²) in [5.74, 6) is 0. The van der Waals surface area contributed by atoms with Gasteiger partial charge in [0.1, 0.15) is 0 Å². The summed E-state index contributed by atoms with van der Waals surface area (Å²) in [5, 5.41) is 0.648. The SMILES string of the molecule is Cc1cccc2sc(N)nc12.Cl.Cl.O. The number of rotatable bonds is 0. The van der Waals surface area contributed by atoms with Gasteiger partial charge in [0.25, 0.3) is 0 Å². The Balaban J connectivity index is 0. The minimum Gasteiger partial charge on any atom is -0.412 e. The monoisotopic (exact) mass is 254 g/mol. The number of anilines is 1. The highest BCUT2D eigenvalue weighted by atomic mass is 35.5. The van der Waals surface area contributed by atoms with Gasteiger partial charge < -0.3 is 11.2 Å². The Morgan fingerprint density at radius 2 is 1.93 bits per heavy atom. The molecule has 4 N–H and O–H groups in total. The van der Waals surface area contributed by atoms with Crippen molar-refractivity contribution in [2.75, 3.05) is 5.73 Å². The van der Waals surface area contributed by atoms with E-state index in [0.29, 0.717) is 5.13 Å². The zero-order valence-electron chi connectivity index (χ0n) is 7.48. The fraction of sp³-hybridized carbons (Fsp3) is 0.125. The molecule has 0 fully saturated rings. The highest BCUT2D eigenvalue weighted by Crippen LogP contribution is 2.25. The van der Waals surface area contributed by atoms with Gasteiger partial charge in [0.15, 0.2) is 5.13 Å². The van der Waals surface area contributed by atoms with E-state index < -0.39 is 0 Å². The van der Waals surface area contributed by atoms with E-state index in [0.717, 1.165) is 5.52 Å². The maximum Gasteiger partial charge on any atom is 0.181 e. The van der Waals surface area contributed by atoms with Crippen LogP contribution in [0.25, 0.3) is 10.2 Å². The first-order chi connectivity index (χ1) is 5.27. The van der Waals surface area contributed by atoms with Crippen molar-refractivity contribution in [1.29, 1.82) is 0 Å². The molecule has 0 unspecified atom stereocenters. The second kappa shape index (κ2) is 6.03. The number of benzene rings is 1. The number of aromatic nitrogens is 1. The zero-order valence-corrected chi connectivity index (χ0v) is 9.93. The van der Waals surface area contributed by atoms with Gasteiger partial charge in [-0.3, -0.25) is 0 Å². The Hall–Kier alpha value is -0.550. The molecule has 1 aromatic heterocycles. The van der Waals surface area contributed by atoms with Crippen LogP contribution in [0.5, 0.6) is 0 Å². The van der Waals surface area contributed by atoms with Crippen LogP contribution < -0.4 is 5.73 Å². The average Bonchev–Trinajstić information content (AvgIpc) is 2.31. The van der Waals surface area contributed by atoms with E-state index in [9.17, 15) is 0 Å². The topological polar surface area (TPSA) is 70.4 Å². The van der Waals surface area contributed by atoms with Crippen LogP contribution in [0.1, 0.15) is 5.56 Å². The van der Waals surface area contributed by atoms with Crippen LogP contribution in [0.4, 0.5) is 5.13 Å². The third-order valence-corrected chi connectivity index (χ3v) is 2.49. The van der Waals surface area contributed by atoms with Crippen LogP contribution >= 0.6 is 36.2 Å². The molecule has 0 aliphatic rings. The minimum atomic E-state index is 0. The number of aryl methyl sites for hydroxylation is 1. The normalized spacial score (nSPS) is 8.36. The predicted octanol–water partition coefficient (Wildman–Crippen LogP) is 2.21. The molecule has 3 nitrogen and oxygen atoms in total. The molecule has 0 aliphatic carbocycles. The number of nitrogens with two attached hydrogens (primary N) is 1. The van der Waals surface area contributed by atoms with Crippen molar-refractivity contribution in [3.8, 4) is 0 Å². The molecule has 0 aliphatic heterocycles. The van der Waals surface area contributed by atoms with Crippen LogP contribution in [-0.4, -0.2) is 10.5 Å². The van der Waals surface area contributed by atoms with Crippen LogP contribution in [0, 0.1) is 6.92 Å². The van der Waals surface area contributed by atoms with Crippen LogP contribution in [-0.2, 0) is 0 Å². The Bertz CT molecular complexity index is 405. The Morgan fingerprint density at radius 1 is 1.29 bits per heavy atom. The van der Waals surface area contributed by atoms with Crippen molar-refractivity contribution in [3.05, 3.63) is 23.8 Å². The molecule has 0 atom stereocenters. The molecule has 0 radical (unpaired) electrons. The summed E-state index contributed by atoms with van der Waals surface area (Å²) in [6, 6.07) is 6.10. The third kappa shape index (κ3) is 2.72. The van der Waals surface area contributed by atoms with Crippen molar-refractivity contribution in [1.82, 2.24) is 4.98 Å². The summed E-state index contributed by atoms with van der Waals surface area (Å²) in [5.41, 5.74) is 7.79. The maximum atomic E-state index is 5.57. The summed E-state index contributed by atoms with van der Waals surface area (Å²) in [7, 11) is 0. The molecule has 14 heavy (non-hydrogen) atoms. The Kier molecular flexibility index (Phi) is 6.85. The lowest BCUT2D eigenvalue weighted by Crippen LogP contribution is -1.80. The number of hydrogen-bond acceptors (Lipinski definition) is 3. The predicted molar refractivity (Wildman–Crippen MR) is 66.9 cm³/mol. The molecular formula is C8H12Cl2N2OS. The standard InChI is InChI=1S/C8H8N2S.2ClH.H2O/c1-5-3-2-4-6-7(5)10-8(9)11-6;;;/h2-4H,1H3,(H2,9,10);2*1H;1H2. The molecule has 80 valence electrons. The van der Waals surface area contributed by atoms with Gasteiger partial charge in [-0.2, -0.15) is 0 Å². The number of nitrogens with zero attached hydrogens (tertiary/aromatic N) is 1. The second-order valence-corrected chi connectivity index (χ2v) is 3.54. The lowest BCUT2D eigenvalue weighted by Gasteiger charge is -1.89. The molecule has 2 rings (SSSR count). The minimum absolute atomic E-state index is 0. The Morgan fingerprint density at radius 3 is 2.50 bits per heavy atom. The first kappa shape index (κ1) is 15.9. The van der Waals surface area contributed by atoms with E-state index in [1.54, 1.807) is 0 Å². The molecule has 0 spiro atoms. The third-order valence-electron chi connectivity index (χ3n) is 1.64. The van der Waals surface area contributed by atoms with Crippen molar-refractivity contribution in [2.24, 2.45) is 0 Å².